The van der Waals surface area contributed by atoms with E-state index in [1.807, 2.05) is 23.2 Å². The van der Waals surface area contributed by atoms with Gasteiger partial charge in [-0.25, -0.2) is 9.78 Å². The number of nitrogens with zero attached hydrogens (tertiary/aromatic N) is 4. The number of amides is 2. The van der Waals surface area contributed by atoms with Gasteiger partial charge in [-0.1, -0.05) is 19.1 Å². The number of aromatic nitrogens is 1. The standard InChI is InChI=1S/C23H31N5O2/c1-18-7-9-27(10-8-18)22-6-5-19(16-24-22)17-25-23(30)28-13-11-26(12-14-28)20-3-2-4-21(29)15-20/h2-6,15-16,18,29H,7-14,17H2,1H3,(H,25,30). The second-order valence-electron chi connectivity index (χ2n) is 8.35. The quantitative estimate of drug-likeness (QED) is 0.812. The van der Waals surface area contributed by atoms with E-state index in [0.717, 1.165) is 49.2 Å². The molecule has 2 aliphatic rings. The monoisotopic (exact) mass is 409 g/mol. The number of phenolic OH excluding ortho intramolecular Hbond substituents is 1. The number of aromatic hydroxyl groups is 1. The Balaban J connectivity index is 1.23. The van der Waals surface area contributed by atoms with Gasteiger partial charge in [0.1, 0.15) is 11.6 Å². The molecule has 2 N–H and O–H groups in total. The molecule has 4 rings (SSSR count). The van der Waals surface area contributed by atoms with Crippen LogP contribution in [0, 0.1) is 5.92 Å². The molecule has 7 nitrogen and oxygen atoms in total. The number of rotatable bonds is 4. The lowest BCUT2D eigenvalue weighted by Crippen LogP contribution is -2.51. The lowest BCUT2D eigenvalue weighted by Gasteiger charge is -2.36. The van der Waals surface area contributed by atoms with Crippen LogP contribution in [0.15, 0.2) is 42.6 Å². The molecular weight excluding hydrogens is 378 g/mol. The van der Waals surface area contributed by atoms with E-state index < -0.39 is 0 Å². The highest BCUT2D eigenvalue weighted by Crippen LogP contribution is 2.22. The minimum atomic E-state index is -0.0420. The zero-order chi connectivity index (χ0) is 20.9. The molecule has 0 bridgehead atoms. The van der Waals surface area contributed by atoms with Crippen molar-refractivity contribution in [3.8, 4) is 5.75 Å². The minimum Gasteiger partial charge on any atom is -0.508 e. The van der Waals surface area contributed by atoms with Crippen LogP contribution < -0.4 is 15.1 Å². The summed E-state index contributed by atoms with van der Waals surface area (Å²) in [5, 5.41) is 12.7. The van der Waals surface area contributed by atoms with Crippen molar-refractivity contribution in [2.45, 2.75) is 26.3 Å². The number of nitrogens with one attached hydrogen (secondary N) is 1. The zero-order valence-electron chi connectivity index (χ0n) is 17.6. The predicted octanol–water partition coefficient (Wildman–Crippen LogP) is 3.06. The van der Waals surface area contributed by atoms with Gasteiger partial charge in [-0.05, 0) is 42.5 Å². The van der Waals surface area contributed by atoms with Crippen LogP contribution in [0.3, 0.4) is 0 Å². The van der Waals surface area contributed by atoms with Crippen molar-refractivity contribution in [2.24, 2.45) is 5.92 Å². The van der Waals surface area contributed by atoms with Gasteiger partial charge < -0.3 is 25.1 Å². The summed E-state index contributed by atoms with van der Waals surface area (Å²) < 4.78 is 0. The van der Waals surface area contributed by atoms with Crippen molar-refractivity contribution in [1.82, 2.24) is 15.2 Å². The topological polar surface area (TPSA) is 71.9 Å². The molecular formula is C23H31N5O2. The van der Waals surface area contributed by atoms with E-state index in [2.05, 4.69) is 39.2 Å². The van der Waals surface area contributed by atoms with E-state index in [0.29, 0.717) is 19.6 Å². The molecule has 0 radical (unpaired) electrons. The average Bonchev–Trinajstić information content (AvgIpc) is 2.78. The molecule has 160 valence electrons. The summed E-state index contributed by atoms with van der Waals surface area (Å²) in [6.45, 7) is 7.75. The zero-order valence-corrected chi connectivity index (χ0v) is 17.6. The van der Waals surface area contributed by atoms with Crippen molar-refractivity contribution in [3.05, 3.63) is 48.2 Å². The van der Waals surface area contributed by atoms with E-state index in [1.165, 1.54) is 12.8 Å². The first-order valence-corrected chi connectivity index (χ1v) is 10.8. The van der Waals surface area contributed by atoms with Crippen LogP contribution in [0.1, 0.15) is 25.3 Å². The molecule has 2 fully saturated rings. The fourth-order valence-corrected chi connectivity index (χ4v) is 4.09. The van der Waals surface area contributed by atoms with Gasteiger partial charge in [0.05, 0.1) is 0 Å². The normalized spacial score (nSPS) is 17.8. The van der Waals surface area contributed by atoms with Gasteiger partial charge in [0.15, 0.2) is 0 Å². The van der Waals surface area contributed by atoms with Crippen molar-refractivity contribution in [2.75, 3.05) is 49.1 Å². The third-order valence-corrected chi connectivity index (χ3v) is 6.12. The largest absolute Gasteiger partial charge is 0.508 e. The first kappa shape index (κ1) is 20.3. The van der Waals surface area contributed by atoms with Gasteiger partial charge >= 0.3 is 6.03 Å². The van der Waals surface area contributed by atoms with Gasteiger partial charge in [-0.2, -0.15) is 0 Å². The number of piperidine rings is 1. The Morgan fingerprint density at radius 2 is 1.83 bits per heavy atom. The molecule has 0 unspecified atom stereocenters. The predicted molar refractivity (Wildman–Crippen MR) is 119 cm³/mol. The number of pyridine rings is 1. The molecule has 2 aromatic rings. The molecule has 0 saturated carbocycles. The maximum absolute atomic E-state index is 12.5. The Bertz CT molecular complexity index is 841. The molecule has 2 amide bonds. The molecule has 0 spiro atoms. The highest BCUT2D eigenvalue weighted by Gasteiger charge is 2.21. The Morgan fingerprint density at radius 3 is 2.50 bits per heavy atom. The van der Waals surface area contributed by atoms with Gasteiger partial charge in [0.2, 0.25) is 0 Å². The minimum absolute atomic E-state index is 0.0420. The van der Waals surface area contributed by atoms with E-state index >= 15 is 0 Å². The first-order valence-electron chi connectivity index (χ1n) is 10.8. The van der Waals surface area contributed by atoms with E-state index in [1.54, 1.807) is 12.1 Å². The van der Waals surface area contributed by atoms with E-state index in [9.17, 15) is 9.90 Å². The molecule has 3 heterocycles. The fraction of sp³-hybridized carbons (Fsp3) is 0.478. The smallest absolute Gasteiger partial charge is 0.317 e. The first-order chi connectivity index (χ1) is 14.6. The third kappa shape index (κ3) is 4.96. The Morgan fingerprint density at radius 1 is 1.07 bits per heavy atom. The number of hydrogen-bond acceptors (Lipinski definition) is 5. The summed E-state index contributed by atoms with van der Waals surface area (Å²) in [6.07, 6.45) is 4.31. The van der Waals surface area contributed by atoms with Crippen LogP contribution in [0.5, 0.6) is 5.75 Å². The van der Waals surface area contributed by atoms with Crippen molar-refractivity contribution < 1.29 is 9.90 Å². The van der Waals surface area contributed by atoms with E-state index in [4.69, 9.17) is 0 Å². The molecule has 30 heavy (non-hydrogen) atoms. The second kappa shape index (κ2) is 9.24. The lowest BCUT2D eigenvalue weighted by atomic mass is 9.99. The van der Waals surface area contributed by atoms with Crippen LogP contribution in [-0.4, -0.2) is 60.3 Å². The van der Waals surface area contributed by atoms with Crippen LogP contribution in [0.2, 0.25) is 0 Å². The van der Waals surface area contributed by atoms with Gasteiger partial charge in [-0.15, -0.1) is 0 Å². The average molecular weight is 410 g/mol. The summed E-state index contributed by atoms with van der Waals surface area (Å²) in [4.78, 5) is 23.5. The molecule has 0 atom stereocenters. The Hall–Kier alpha value is -2.96. The number of carbonyl (C=O) groups excluding carboxylic acids is 1. The highest BCUT2D eigenvalue weighted by molar-refractivity contribution is 5.74. The SMILES string of the molecule is CC1CCN(c2ccc(CNC(=O)N3CCN(c4cccc(O)c4)CC3)cn2)CC1. The number of piperazine rings is 1. The number of hydrogen-bond donors (Lipinski definition) is 2. The molecule has 2 aliphatic heterocycles. The van der Waals surface area contributed by atoms with Crippen molar-refractivity contribution in [1.29, 1.82) is 0 Å². The maximum Gasteiger partial charge on any atom is 0.317 e. The number of carbonyl (C=O) groups is 1. The van der Waals surface area contributed by atoms with Crippen molar-refractivity contribution >= 4 is 17.5 Å². The maximum atomic E-state index is 12.5. The molecule has 1 aromatic carbocycles. The van der Waals surface area contributed by atoms with Crippen LogP contribution in [-0.2, 0) is 6.54 Å². The van der Waals surface area contributed by atoms with Crippen LogP contribution >= 0.6 is 0 Å². The number of urea groups is 1. The molecule has 0 aliphatic carbocycles. The third-order valence-electron chi connectivity index (χ3n) is 6.12. The summed E-state index contributed by atoms with van der Waals surface area (Å²) in [6, 6.07) is 11.3. The summed E-state index contributed by atoms with van der Waals surface area (Å²) >= 11 is 0. The van der Waals surface area contributed by atoms with Crippen LogP contribution in [0.4, 0.5) is 16.3 Å². The van der Waals surface area contributed by atoms with Gasteiger partial charge in [0.25, 0.3) is 0 Å². The number of phenols is 1. The van der Waals surface area contributed by atoms with Crippen LogP contribution in [0.25, 0.3) is 0 Å². The molecule has 2 saturated heterocycles. The van der Waals surface area contributed by atoms with Gasteiger partial charge in [-0.3, -0.25) is 0 Å². The van der Waals surface area contributed by atoms with E-state index in [-0.39, 0.29) is 11.8 Å². The Kier molecular flexibility index (Phi) is 6.26. The second-order valence-corrected chi connectivity index (χ2v) is 8.35. The van der Waals surface area contributed by atoms with Crippen molar-refractivity contribution in [3.63, 3.8) is 0 Å². The number of benzene rings is 1. The number of anilines is 2. The highest BCUT2D eigenvalue weighted by atomic mass is 16.3. The Labute approximate surface area is 178 Å². The lowest BCUT2D eigenvalue weighted by molar-refractivity contribution is 0.194. The summed E-state index contributed by atoms with van der Waals surface area (Å²) in [7, 11) is 0. The molecule has 7 heteroatoms. The fourth-order valence-electron chi connectivity index (χ4n) is 4.09. The van der Waals surface area contributed by atoms with Gasteiger partial charge in [0, 0.05) is 63.8 Å². The molecule has 1 aromatic heterocycles. The summed E-state index contributed by atoms with van der Waals surface area (Å²) in [5.74, 6) is 2.10. The summed E-state index contributed by atoms with van der Waals surface area (Å²) in [5.41, 5.74) is 2.00.